The average molecular weight is 291 g/mol. The van der Waals surface area contributed by atoms with Crippen LogP contribution in [-0.2, 0) is 10.0 Å². The van der Waals surface area contributed by atoms with Gasteiger partial charge in [-0.1, -0.05) is 11.6 Å². The number of nitrogen functional groups attached to an aromatic ring is 1. The number of ether oxygens (including phenoxy) is 1. The van der Waals surface area contributed by atoms with Crippen LogP contribution < -0.4 is 10.5 Å². The Hall–Kier alpha value is -0.980. The van der Waals surface area contributed by atoms with E-state index in [9.17, 15) is 8.42 Å². The topological polar surface area (TPSA) is 72.6 Å². The van der Waals surface area contributed by atoms with Crippen LogP contribution in [0, 0.1) is 0 Å². The van der Waals surface area contributed by atoms with Crippen molar-refractivity contribution in [2.45, 2.75) is 17.7 Å². The zero-order valence-electron chi connectivity index (χ0n) is 10.0. The van der Waals surface area contributed by atoms with E-state index in [-0.39, 0.29) is 15.6 Å². The quantitative estimate of drug-likeness (QED) is 0.860. The van der Waals surface area contributed by atoms with Gasteiger partial charge < -0.3 is 10.5 Å². The second-order valence-electron chi connectivity index (χ2n) is 4.14. The van der Waals surface area contributed by atoms with Gasteiger partial charge in [0.2, 0.25) is 10.0 Å². The molecule has 0 unspecified atom stereocenters. The second kappa shape index (κ2) is 4.95. The van der Waals surface area contributed by atoms with E-state index in [0.29, 0.717) is 18.8 Å². The molecule has 1 saturated heterocycles. The largest absolute Gasteiger partial charge is 0.493 e. The summed E-state index contributed by atoms with van der Waals surface area (Å²) in [7, 11) is -2.06. The molecule has 7 heteroatoms. The monoisotopic (exact) mass is 290 g/mol. The molecule has 1 fully saturated rings. The molecule has 0 saturated carbocycles. The van der Waals surface area contributed by atoms with Crippen LogP contribution in [0.3, 0.4) is 0 Å². The van der Waals surface area contributed by atoms with Gasteiger partial charge in [-0.2, -0.15) is 4.31 Å². The first kappa shape index (κ1) is 13.5. The standard InChI is InChI=1S/C11H15ClN2O3S/c1-17-11-9(12)6-8(7-10(11)13)18(15,16)14-4-2-3-5-14/h6-7H,2-5,13H2,1H3. The lowest BCUT2D eigenvalue weighted by Crippen LogP contribution is -2.27. The first-order valence-electron chi connectivity index (χ1n) is 5.60. The molecule has 0 aromatic heterocycles. The molecular formula is C11H15ClN2O3S. The Morgan fingerprint density at radius 1 is 1.33 bits per heavy atom. The molecule has 2 N–H and O–H groups in total. The van der Waals surface area contributed by atoms with Gasteiger partial charge in [-0.3, -0.25) is 0 Å². The Bertz CT molecular complexity index is 530. The number of anilines is 1. The highest BCUT2D eigenvalue weighted by atomic mass is 35.5. The van der Waals surface area contributed by atoms with Crippen molar-refractivity contribution in [3.05, 3.63) is 17.2 Å². The van der Waals surface area contributed by atoms with Gasteiger partial charge in [0, 0.05) is 13.1 Å². The smallest absolute Gasteiger partial charge is 0.243 e. The maximum absolute atomic E-state index is 12.3. The Morgan fingerprint density at radius 2 is 1.94 bits per heavy atom. The van der Waals surface area contributed by atoms with Gasteiger partial charge in [0.05, 0.1) is 22.7 Å². The van der Waals surface area contributed by atoms with Crippen molar-refractivity contribution in [3.8, 4) is 5.75 Å². The van der Waals surface area contributed by atoms with E-state index in [0.717, 1.165) is 12.8 Å². The van der Waals surface area contributed by atoms with Crippen molar-refractivity contribution in [1.82, 2.24) is 4.31 Å². The van der Waals surface area contributed by atoms with E-state index < -0.39 is 10.0 Å². The minimum Gasteiger partial charge on any atom is -0.493 e. The molecule has 0 bridgehead atoms. The Balaban J connectivity index is 2.45. The molecule has 0 radical (unpaired) electrons. The normalized spacial score (nSPS) is 17.0. The van der Waals surface area contributed by atoms with Crippen molar-refractivity contribution >= 4 is 27.3 Å². The number of rotatable bonds is 3. The summed E-state index contributed by atoms with van der Waals surface area (Å²) in [5.41, 5.74) is 5.96. The van der Waals surface area contributed by atoms with Crippen molar-refractivity contribution in [1.29, 1.82) is 0 Å². The van der Waals surface area contributed by atoms with Gasteiger partial charge in [0.1, 0.15) is 0 Å². The number of hydrogen-bond donors (Lipinski definition) is 1. The minimum atomic E-state index is -3.50. The number of hydrogen-bond acceptors (Lipinski definition) is 4. The van der Waals surface area contributed by atoms with Crippen LogP contribution in [0.4, 0.5) is 5.69 Å². The van der Waals surface area contributed by atoms with E-state index in [4.69, 9.17) is 22.1 Å². The molecule has 0 aliphatic carbocycles. The maximum Gasteiger partial charge on any atom is 0.243 e. The summed E-state index contributed by atoms with van der Waals surface area (Å²) in [6, 6.07) is 2.77. The molecule has 1 aromatic rings. The Morgan fingerprint density at radius 3 is 2.44 bits per heavy atom. The van der Waals surface area contributed by atoms with Crippen LogP contribution in [0.1, 0.15) is 12.8 Å². The molecule has 5 nitrogen and oxygen atoms in total. The van der Waals surface area contributed by atoms with Gasteiger partial charge >= 0.3 is 0 Å². The van der Waals surface area contributed by atoms with Crippen molar-refractivity contribution in [3.63, 3.8) is 0 Å². The summed E-state index contributed by atoms with van der Waals surface area (Å²) in [5.74, 6) is 0.303. The molecule has 1 aliphatic rings. The maximum atomic E-state index is 12.3. The van der Waals surface area contributed by atoms with Crippen LogP contribution >= 0.6 is 11.6 Å². The van der Waals surface area contributed by atoms with Crippen molar-refractivity contribution < 1.29 is 13.2 Å². The number of halogens is 1. The lowest BCUT2D eigenvalue weighted by molar-refractivity contribution is 0.416. The molecule has 18 heavy (non-hydrogen) atoms. The van der Waals surface area contributed by atoms with Crippen molar-refractivity contribution in [2.75, 3.05) is 25.9 Å². The van der Waals surface area contributed by atoms with E-state index in [1.807, 2.05) is 0 Å². The highest BCUT2D eigenvalue weighted by molar-refractivity contribution is 7.89. The SMILES string of the molecule is COc1c(N)cc(S(=O)(=O)N2CCCC2)cc1Cl. The highest BCUT2D eigenvalue weighted by Crippen LogP contribution is 2.35. The van der Waals surface area contributed by atoms with Gasteiger partial charge in [0.15, 0.2) is 5.75 Å². The lowest BCUT2D eigenvalue weighted by Gasteiger charge is -2.17. The fraction of sp³-hybridized carbons (Fsp3) is 0.455. The highest BCUT2D eigenvalue weighted by Gasteiger charge is 2.28. The first-order valence-corrected chi connectivity index (χ1v) is 7.42. The predicted octanol–water partition coefficient (Wildman–Crippen LogP) is 1.72. The molecule has 0 amide bonds. The average Bonchev–Trinajstić information content (AvgIpc) is 2.82. The number of nitrogens with zero attached hydrogens (tertiary/aromatic N) is 1. The molecule has 1 heterocycles. The zero-order valence-corrected chi connectivity index (χ0v) is 11.6. The minimum absolute atomic E-state index is 0.118. The number of sulfonamides is 1. The van der Waals surface area contributed by atoms with Crippen LogP contribution in [0.25, 0.3) is 0 Å². The Kier molecular flexibility index (Phi) is 3.70. The first-order chi connectivity index (χ1) is 8.46. The third-order valence-corrected chi connectivity index (χ3v) is 5.11. The lowest BCUT2D eigenvalue weighted by atomic mass is 10.3. The number of benzene rings is 1. The van der Waals surface area contributed by atoms with E-state index >= 15 is 0 Å². The number of nitrogens with two attached hydrogens (primary N) is 1. The third kappa shape index (κ3) is 2.28. The third-order valence-electron chi connectivity index (χ3n) is 2.95. The summed E-state index contributed by atoms with van der Waals surface area (Å²) in [6.45, 7) is 1.10. The molecule has 100 valence electrons. The zero-order chi connectivity index (χ0) is 13.3. The van der Waals surface area contributed by atoms with Crippen LogP contribution in [0.15, 0.2) is 17.0 Å². The fourth-order valence-electron chi connectivity index (χ4n) is 2.03. The molecule has 0 atom stereocenters. The Labute approximate surface area is 112 Å². The van der Waals surface area contributed by atoms with E-state index in [1.165, 1.54) is 23.5 Å². The predicted molar refractivity (Wildman–Crippen MR) is 70.4 cm³/mol. The molecule has 2 rings (SSSR count). The molecule has 1 aromatic carbocycles. The van der Waals surface area contributed by atoms with Gasteiger partial charge in [-0.15, -0.1) is 0 Å². The van der Waals surface area contributed by atoms with Gasteiger partial charge in [-0.05, 0) is 25.0 Å². The van der Waals surface area contributed by atoms with Gasteiger partial charge in [-0.25, -0.2) is 8.42 Å². The summed E-state index contributed by atoms with van der Waals surface area (Å²) >= 11 is 5.96. The van der Waals surface area contributed by atoms with Crippen LogP contribution in [-0.4, -0.2) is 32.9 Å². The summed E-state index contributed by atoms with van der Waals surface area (Å²) in [5, 5.41) is 0.204. The molecule has 0 spiro atoms. The van der Waals surface area contributed by atoms with Crippen LogP contribution in [0.2, 0.25) is 5.02 Å². The van der Waals surface area contributed by atoms with Crippen molar-refractivity contribution in [2.24, 2.45) is 0 Å². The van der Waals surface area contributed by atoms with E-state index in [1.54, 1.807) is 0 Å². The van der Waals surface area contributed by atoms with Crippen LogP contribution in [0.5, 0.6) is 5.75 Å². The summed E-state index contributed by atoms with van der Waals surface area (Å²) in [4.78, 5) is 0.118. The summed E-state index contributed by atoms with van der Waals surface area (Å²) in [6.07, 6.45) is 1.77. The fourth-order valence-corrected chi connectivity index (χ4v) is 3.98. The van der Waals surface area contributed by atoms with E-state index in [2.05, 4.69) is 0 Å². The molecular weight excluding hydrogens is 276 g/mol. The second-order valence-corrected chi connectivity index (χ2v) is 6.48. The van der Waals surface area contributed by atoms with Gasteiger partial charge in [0.25, 0.3) is 0 Å². The summed E-state index contributed by atoms with van der Waals surface area (Å²) < 4.78 is 31.1. The molecule has 1 aliphatic heterocycles. The number of methoxy groups -OCH3 is 1.